The summed E-state index contributed by atoms with van der Waals surface area (Å²) in [4.78, 5) is 20.0. The number of ketones is 1. The first-order valence-corrected chi connectivity index (χ1v) is 13.5. The Hall–Kier alpha value is -3.65. The molecule has 1 heterocycles. The van der Waals surface area contributed by atoms with Gasteiger partial charge in [-0.15, -0.1) is 0 Å². The molecule has 1 saturated carbocycles. The number of carbonyl (C=O) groups is 1. The van der Waals surface area contributed by atoms with Gasteiger partial charge in [-0.3, -0.25) is 4.79 Å². The number of rotatable bonds is 10. The van der Waals surface area contributed by atoms with Crippen LogP contribution in [0.4, 0.5) is 0 Å². The maximum atomic E-state index is 11.8. The Kier molecular flexibility index (Phi) is 7.01. The van der Waals surface area contributed by atoms with E-state index in [2.05, 4.69) is 66.1 Å². The van der Waals surface area contributed by atoms with Gasteiger partial charge in [-0.25, -0.2) is 11.6 Å². The van der Waals surface area contributed by atoms with Crippen molar-refractivity contribution in [3.63, 3.8) is 0 Å². The molecule has 2 aliphatic rings. The maximum Gasteiger partial charge on any atom is 0.227 e. The predicted octanol–water partition coefficient (Wildman–Crippen LogP) is 7.28. The quantitative estimate of drug-likeness (QED) is 0.213. The van der Waals surface area contributed by atoms with Gasteiger partial charge in [-0.05, 0) is 103 Å². The average molecular weight is 509 g/mol. The van der Waals surface area contributed by atoms with Crippen molar-refractivity contribution in [2.45, 2.75) is 71.9 Å². The zero-order valence-corrected chi connectivity index (χ0v) is 23.0. The molecule has 0 spiro atoms. The monoisotopic (exact) mass is 508 g/mol. The third-order valence-corrected chi connectivity index (χ3v) is 8.06. The van der Waals surface area contributed by atoms with Crippen LogP contribution in [0, 0.1) is 32.3 Å². The van der Waals surface area contributed by atoms with Crippen molar-refractivity contribution < 1.29 is 14.3 Å². The average Bonchev–Trinajstić information content (AvgIpc) is 3.48. The predicted molar refractivity (Wildman–Crippen MR) is 149 cm³/mol. The summed E-state index contributed by atoms with van der Waals surface area (Å²) in [7, 11) is 0. The van der Waals surface area contributed by atoms with Crippen LogP contribution >= 0.6 is 0 Å². The minimum Gasteiger partial charge on any atom is -0.494 e. The number of aromatic nitrogens is 1. The number of benzene rings is 2. The summed E-state index contributed by atoms with van der Waals surface area (Å²) in [6.07, 6.45) is 4.55. The number of pyridine rings is 1. The summed E-state index contributed by atoms with van der Waals surface area (Å²) in [5, 5.41) is 0. The van der Waals surface area contributed by atoms with Crippen LogP contribution in [-0.4, -0.2) is 22.9 Å². The van der Waals surface area contributed by atoms with Crippen molar-refractivity contribution in [1.82, 2.24) is 4.98 Å². The highest BCUT2D eigenvalue weighted by Gasteiger charge is 2.58. The first kappa shape index (κ1) is 26.0. The van der Waals surface area contributed by atoms with Crippen LogP contribution in [0.15, 0.2) is 48.7 Å². The third kappa shape index (κ3) is 5.31. The summed E-state index contributed by atoms with van der Waals surface area (Å²) in [5.74, 6) is 2.86. The summed E-state index contributed by atoms with van der Waals surface area (Å²) < 4.78 is 12.1. The highest BCUT2D eigenvalue weighted by molar-refractivity contribution is 5.84. The van der Waals surface area contributed by atoms with E-state index in [1.807, 2.05) is 20.0 Å². The third-order valence-electron chi connectivity index (χ3n) is 8.06. The minimum absolute atomic E-state index is 0.203. The van der Waals surface area contributed by atoms with E-state index in [0.717, 1.165) is 36.1 Å². The Morgan fingerprint density at radius 3 is 2.61 bits per heavy atom. The molecule has 0 amide bonds. The lowest BCUT2D eigenvalue weighted by Crippen LogP contribution is -2.15. The van der Waals surface area contributed by atoms with Crippen LogP contribution in [0.3, 0.4) is 0 Å². The molecule has 0 radical (unpaired) electrons. The molecule has 1 aromatic heterocycles. The van der Waals surface area contributed by atoms with E-state index in [4.69, 9.17) is 16.0 Å². The lowest BCUT2D eigenvalue weighted by molar-refractivity contribution is -0.118. The fourth-order valence-corrected chi connectivity index (χ4v) is 6.09. The van der Waals surface area contributed by atoms with E-state index in [9.17, 15) is 4.79 Å². The SMILES string of the molecule is [C-]#[N+]C(C)(C)CCCOc1cc(C)c(-c2cccc(COc3cc4c(cn3)C3[C@@H](C4)[C@@H]3C(C)=O)c2)c(C)c1. The van der Waals surface area contributed by atoms with E-state index in [1.54, 1.807) is 6.92 Å². The molecule has 2 aromatic carbocycles. The second kappa shape index (κ2) is 10.3. The van der Waals surface area contributed by atoms with Gasteiger partial charge >= 0.3 is 0 Å². The molecular formula is C33H36N2O3. The molecule has 1 fully saturated rings. The number of ether oxygens (including phenoxy) is 2. The molecule has 0 saturated heterocycles. The molecule has 3 atom stereocenters. The van der Waals surface area contributed by atoms with E-state index in [1.165, 1.54) is 27.8 Å². The molecule has 0 bridgehead atoms. The van der Waals surface area contributed by atoms with Crippen LogP contribution in [0.25, 0.3) is 16.0 Å². The van der Waals surface area contributed by atoms with E-state index >= 15 is 0 Å². The topological polar surface area (TPSA) is 52.8 Å². The number of hydrogen-bond donors (Lipinski definition) is 0. The molecule has 3 aromatic rings. The van der Waals surface area contributed by atoms with Crippen molar-refractivity contribution in [2.24, 2.45) is 11.8 Å². The number of hydrogen-bond acceptors (Lipinski definition) is 4. The number of aryl methyl sites for hydroxylation is 2. The first-order valence-electron chi connectivity index (χ1n) is 13.5. The van der Waals surface area contributed by atoms with Crippen LogP contribution in [0.1, 0.15) is 67.3 Å². The maximum absolute atomic E-state index is 11.8. The van der Waals surface area contributed by atoms with Crippen molar-refractivity contribution in [3.8, 4) is 22.8 Å². The first-order chi connectivity index (χ1) is 18.2. The number of nitrogens with zero attached hydrogens (tertiary/aromatic N) is 2. The number of fused-ring (bicyclic) bond motifs is 3. The second-order valence-corrected chi connectivity index (χ2v) is 11.5. The van der Waals surface area contributed by atoms with Gasteiger partial charge in [-0.2, -0.15) is 0 Å². The summed E-state index contributed by atoms with van der Waals surface area (Å²) in [6.45, 7) is 18.2. The minimum atomic E-state index is -0.329. The fourth-order valence-electron chi connectivity index (χ4n) is 6.09. The molecular weight excluding hydrogens is 472 g/mol. The molecule has 196 valence electrons. The number of Topliss-reactive ketones (excluding diaryl/α,β-unsaturated/α-hetero) is 1. The van der Waals surface area contributed by atoms with Crippen molar-refractivity contribution in [3.05, 3.63) is 87.9 Å². The van der Waals surface area contributed by atoms with Gasteiger partial charge in [0.1, 0.15) is 18.1 Å². The van der Waals surface area contributed by atoms with Gasteiger partial charge in [0.25, 0.3) is 0 Å². The van der Waals surface area contributed by atoms with Gasteiger partial charge in [0, 0.05) is 38.4 Å². The number of carbonyl (C=O) groups excluding carboxylic acids is 1. The Bertz CT molecular complexity index is 1390. The summed E-state index contributed by atoms with van der Waals surface area (Å²) in [6, 6.07) is 14.7. The second-order valence-electron chi connectivity index (χ2n) is 11.5. The van der Waals surface area contributed by atoms with Crippen LogP contribution in [0.5, 0.6) is 11.6 Å². The molecule has 0 aliphatic heterocycles. The smallest absolute Gasteiger partial charge is 0.227 e. The molecule has 1 unspecified atom stereocenters. The van der Waals surface area contributed by atoms with Crippen LogP contribution in [-0.2, 0) is 17.8 Å². The molecule has 5 rings (SSSR count). The molecule has 0 N–H and O–H groups in total. The summed E-state index contributed by atoms with van der Waals surface area (Å²) >= 11 is 0. The standard InChI is InChI=1S/C33H36N2O3/c1-20-13-26(37-12-8-11-33(4,5)34-6)14-21(2)30(20)24-10-7-9-23(15-24)19-38-29-17-25-16-27-31(22(3)36)32(27)28(25)18-35-29/h7,9-10,13-15,17-18,27,31-32H,8,11-12,16,19H2,1-5H3/t27-,31-,32?/m0/s1. The molecule has 38 heavy (non-hydrogen) atoms. The molecule has 2 aliphatic carbocycles. The Morgan fingerprint density at radius 2 is 1.89 bits per heavy atom. The zero-order valence-electron chi connectivity index (χ0n) is 23.0. The lowest BCUT2D eigenvalue weighted by atomic mass is 9.94. The lowest BCUT2D eigenvalue weighted by Gasteiger charge is -2.16. The normalized spacial score (nSPS) is 19.3. The van der Waals surface area contributed by atoms with Gasteiger partial charge in [-0.1, -0.05) is 18.2 Å². The summed E-state index contributed by atoms with van der Waals surface area (Å²) in [5.41, 5.74) is 7.97. The largest absolute Gasteiger partial charge is 0.494 e. The van der Waals surface area contributed by atoms with E-state index < -0.39 is 0 Å². The van der Waals surface area contributed by atoms with Crippen LogP contribution in [0.2, 0.25) is 0 Å². The van der Waals surface area contributed by atoms with Crippen molar-refractivity contribution >= 4 is 5.78 Å². The molecule has 5 nitrogen and oxygen atoms in total. The van der Waals surface area contributed by atoms with Gasteiger partial charge in [0.15, 0.2) is 0 Å². The van der Waals surface area contributed by atoms with Gasteiger partial charge in [0.05, 0.1) is 6.61 Å². The Labute approximate surface area is 226 Å². The van der Waals surface area contributed by atoms with Gasteiger partial charge in [0.2, 0.25) is 11.4 Å². The molecule has 5 heteroatoms. The van der Waals surface area contributed by atoms with E-state index in [0.29, 0.717) is 36.7 Å². The Morgan fingerprint density at radius 1 is 1.13 bits per heavy atom. The van der Waals surface area contributed by atoms with E-state index in [-0.39, 0.29) is 11.5 Å². The fraction of sp³-hybridized carbons (Fsp3) is 0.424. The Balaban J connectivity index is 1.22. The van der Waals surface area contributed by atoms with Crippen molar-refractivity contribution in [2.75, 3.05) is 6.61 Å². The van der Waals surface area contributed by atoms with Crippen LogP contribution < -0.4 is 9.47 Å². The van der Waals surface area contributed by atoms with Gasteiger partial charge < -0.3 is 14.3 Å². The highest BCUT2D eigenvalue weighted by atomic mass is 16.5. The van der Waals surface area contributed by atoms with Crippen molar-refractivity contribution in [1.29, 1.82) is 0 Å². The zero-order chi connectivity index (χ0) is 27.0. The highest BCUT2D eigenvalue weighted by Crippen LogP contribution is 2.61.